The monoisotopic (exact) mass is 242 g/mol. The maximum atomic E-state index is 11.7. The van der Waals surface area contributed by atoms with Gasteiger partial charge in [0, 0.05) is 30.7 Å². The van der Waals surface area contributed by atoms with Crippen LogP contribution in [-0.2, 0) is 0 Å². The number of nitrogens with zero attached hydrogens (tertiary/aromatic N) is 2. The maximum absolute atomic E-state index is 11.7. The zero-order valence-electron chi connectivity index (χ0n) is 9.15. The Bertz CT molecular complexity index is 458. The summed E-state index contributed by atoms with van der Waals surface area (Å²) in [5.74, 6) is -0.303. The van der Waals surface area contributed by atoms with Crippen LogP contribution in [0.1, 0.15) is 15.9 Å². The summed E-state index contributed by atoms with van der Waals surface area (Å²) in [6, 6.07) is 2.68. The Labute approximate surface area is 97.8 Å². The Hall–Kier alpha value is -1.62. The predicted molar refractivity (Wildman–Crippen MR) is 60.9 cm³/mol. The van der Waals surface area contributed by atoms with Crippen LogP contribution < -0.4 is 0 Å². The lowest BCUT2D eigenvalue weighted by Gasteiger charge is -2.12. The fourth-order valence-corrected chi connectivity index (χ4v) is 1.53. The molecule has 0 radical (unpaired) electrons. The summed E-state index contributed by atoms with van der Waals surface area (Å²) in [5.41, 5.74) is 0.440. The first-order valence-corrected chi connectivity index (χ1v) is 4.88. The number of nitro groups is 1. The maximum Gasteiger partial charge on any atom is 0.274 e. The summed E-state index contributed by atoms with van der Waals surface area (Å²) in [7, 11) is 3.16. The summed E-state index contributed by atoms with van der Waals surface area (Å²) in [6.07, 6.45) is 0. The van der Waals surface area contributed by atoms with Crippen LogP contribution in [-0.4, -0.2) is 29.8 Å². The van der Waals surface area contributed by atoms with Gasteiger partial charge in [0.05, 0.1) is 10.5 Å². The topological polar surface area (TPSA) is 63.5 Å². The first-order valence-electron chi connectivity index (χ1n) is 4.50. The number of hydrogen-bond donors (Lipinski definition) is 0. The molecule has 1 rings (SSSR count). The average molecular weight is 243 g/mol. The molecule has 86 valence electrons. The van der Waals surface area contributed by atoms with E-state index in [1.54, 1.807) is 14.1 Å². The van der Waals surface area contributed by atoms with Crippen molar-refractivity contribution < 1.29 is 9.72 Å². The Morgan fingerprint density at radius 3 is 2.44 bits per heavy atom. The van der Waals surface area contributed by atoms with Gasteiger partial charge in [0.1, 0.15) is 0 Å². The molecule has 0 heterocycles. The Kier molecular flexibility index (Phi) is 3.49. The number of rotatable bonds is 2. The van der Waals surface area contributed by atoms with E-state index in [1.165, 1.54) is 24.0 Å². The highest BCUT2D eigenvalue weighted by atomic mass is 35.5. The highest BCUT2D eigenvalue weighted by molar-refractivity contribution is 6.31. The smallest absolute Gasteiger partial charge is 0.274 e. The van der Waals surface area contributed by atoms with E-state index < -0.39 is 4.92 Å². The number of nitro benzene ring substituents is 1. The van der Waals surface area contributed by atoms with Crippen molar-refractivity contribution in [3.05, 3.63) is 38.4 Å². The molecule has 0 aliphatic carbocycles. The van der Waals surface area contributed by atoms with Gasteiger partial charge < -0.3 is 4.90 Å². The quantitative estimate of drug-likeness (QED) is 0.590. The van der Waals surface area contributed by atoms with Crippen LogP contribution in [0.25, 0.3) is 0 Å². The molecule has 6 heteroatoms. The molecular formula is C10H11ClN2O3. The van der Waals surface area contributed by atoms with Crippen molar-refractivity contribution in [1.82, 2.24) is 4.90 Å². The SMILES string of the molecule is Cc1c(C(=O)N(C)C)cc(Cl)cc1[N+](=O)[O-]. The van der Waals surface area contributed by atoms with Crippen LogP contribution in [0.2, 0.25) is 5.02 Å². The molecule has 16 heavy (non-hydrogen) atoms. The summed E-state index contributed by atoms with van der Waals surface area (Å²) in [5, 5.41) is 10.9. The van der Waals surface area contributed by atoms with Gasteiger partial charge in [-0.15, -0.1) is 0 Å². The molecular weight excluding hydrogens is 232 g/mol. The third-order valence-electron chi connectivity index (χ3n) is 2.18. The van der Waals surface area contributed by atoms with Gasteiger partial charge in [0.25, 0.3) is 11.6 Å². The second-order valence-electron chi connectivity index (χ2n) is 3.55. The van der Waals surface area contributed by atoms with Crippen molar-refractivity contribution in [3.8, 4) is 0 Å². The van der Waals surface area contributed by atoms with Crippen molar-refractivity contribution in [1.29, 1.82) is 0 Å². The van der Waals surface area contributed by atoms with Gasteiger partial charge in [0.2, 0.25) is 0 Å². The minimum absolute atomic E-state index is 0.141. The summed E-state index contributed by atoms with van der Waals surface area (Å²) in [6.45, 7) is 1.53. The third kappa shape index (κ3) is 2.30. The van der Waals surface area contributed by atoms with Gasteiger partial charge in [0.15, 0.2) is 0 Å². The van der Waals surface area contributed by atoms with E-state index in [2.05, 4.69) is 0 Å². The molecule has 5 nitrogen and oxygen atoms in total. The number of carbonyl (C=O) groups excluding carboxylic acids is 1. The predicted octanol–water partition coefficient (Wildman–Crippen LogP) is 2.26. The minimum Gasteiger partial charge on any atom is -0.345 e. The highest BCUT2D eigenvalue weighted by Crippen LogP contribution is 2.27. The molecule has 0 saturated carbocycles. The first kappa shape index (κ1) is 12.4. The van der Waals surface area contributed by atoms with Crippen molar-refractivity contribution in [2.24, 2.45) is 0 Å². The van der Waals surface area contributed by atoms with Crippen LogP contribution in [0.5, 0.6) is 0 Å². The van der Waals surface area contributed by atoms with Crippen molar-refractivity contribution in [2.45, 2.75) is 6.92 Å². The van der Waals surface area contributed by atoms with E-state index in [1.807, 2.05) is 0 Å². The Morgan fingerprint density at radius 2 is 2.00 bits per heavy atom. The fraction of sp³-hybridized carbons (Fsp3) is 0.300. The Morgan fingerprint density at radius 1 is 1.44 bits per heavy atom. The molecule has 0 spiro atoms. The number of halogens is 1. The third-order valence-corrected chi connectivity index (χ3v) is 2.40. The van der Waals surface area contributed by atoms with E-state index in [-0.39, 0.29) is 22.2 Å². The molecule has 0 aromatic heterocycles. The molecule has 0 aliphatic rings. The molecule has 0 N–H and O–H groups in total. The zero-order chi connectivity index (χ0) is 12.5. The van der Waals surface area contributed by atoms with Gasteiger partial charge >= 0.3 is 0 Å². The lowest BCUT2D eigenvalue weighted by Crippen LogP contribution is -2.22. The number of carbonyl (C=O) groups is 1. The van der Waals surface area contributed by atoms with Crippen LogP contribution in [0.4, 0.5) is 5.69 Å². The van der Waals surface area contributed by atoms with E-state index >= 15 is 0 Å². The molecule has 0 bridgehead atoms. The van der Waals surface area contributed by atoms with E-state index in [9.17, 15) is 14.9 Å². The van der Waals surface area contributed by atoms with Crippen molar-refractivity contribution in [2.75, 3.05) is 14.1 Å². The molecule has 1 aromatic rings. The van der Waals surface area contributed by atoms with Crippen LogP contribution in [0, 0.1) is 17.0 Å². The normalized spacial score (nSPS) is 10.0. The van der Waals surface area contributed by atoms with Gasteiger partial charge in [-0.3, -0.25) is 14.9 Å². The number of hydrogen-bond acceptors (Lipinski definition) is 3. The number of amides is 1. The largest absolute Gasteiger partial charge is 0.345 e. The standard InChI is InChI=1S/C10H11ClN2O3/c1-6-8(10(14)12(2)3)4-7(11)5-9(6)13(15)16/h4-5H,1-3H3. The summed E-state index contributed by atoms with van der Waals surface area (Å²) in [4.78, 5) is 23.3. The molecule has 0 unspecified atom stereocenters. The molecule has 1 amide bonds. The Balaban J connectivity index is 3.41. The van der Waals surface area contributed by atoms with E-state index in [4.69, 9.17) is 11.6 Å². The van der Waals surface area contributed by atoms with Crippen LogP contribution in [0.3, 0.4) is 0 Å². The highest BCUT2D eigenvalue weighted by Gasteiger charge is 2.20. The average Bonchev–Trinajstić information content (AvgIpc) is 2.19. The zero-order valence-corrected chi connectivity index (χ0v) is 9.91. The number of benzene rings is 1. The van der Waals surface area contributed by atoms with Crippen LogP contribution in [0.15, 0.2) is 12.1 Å². The fourth-order valence-electron chi connectivity index (χ4n) is 1.32. The van der Waals surface area contributed by atoms with E-state index in [0.717, 1.165) is 0 Å². The molecule has 0 aliphatic heterocycles. The second-order valence-corrected chi connectivity index (χ2v) is 3.99. The van der Waals surface area contributed by atoms with E-state index in [0.29, 0.717) is 5.56 Å². The molecule has 0 atom stereocenters. The van der Waals surface area contributed by atoms with Gasteiger partial charge in [-0.25, -0.2) is 0 Å². The molecule has 0 saturated heterocycles. The summed E-state index contributed by atoms with van der Waals surface area (Å²) >= 11 is 5.74. The lowest BCUT2D eigenvalue weighted by molar-refractivity contribution is -0.385. The summed E-state index contributed by atoms with van der Waals surface area (Å²) < 4.78 is 0. The second kappa shape index (κ2) is 4.49. The van der Waals surface area contributed by atoms with Gasteiger partial charge in [-0.2, -0.15) is 0 Å². The first-order chi connectivity index (χ1) is 7.34. The van der Waals surface area contributed by atoms with Crippen molar-refractivity contribution in [3.63, 3.8) is 0 Å². The van der Waals surface area contributed by atoms with Crippen LogP contribution >= 0.6 is 11.6 Å². The lowest BCUT2D eigenvalue weighted by atomic mass is 10.1. The minimum atomic E-state index is -0.548. The van der Waals surface area contributed by atoms with Crippen molar-refractivity contribution >= 4 is 23.2 Å². The molecule has 1 aromatic carbocycles. The van der Waals surface area contributed by atoms with Gasteiger partial charge in [-0.05, 0) is 13.0 Å². The molecule has 0 fully saturated rings. The van der Waals surface area contributed by atoms with Gasteiger partial charge in [-0.1, -0.05) is 11.6 Å².